The van der Waals surface area contributed by atoms with Gasteiger partial charge in [-0.1, -0.05) is 43.3 Å². The molecule has 0 fully saturated rings. The van der Waals surface area contributed by atoms with Crippen LogP contribution in [0.2, 0.25) is 0 Å². The first-order chi connectivity index (χ1) is 15.2. The van der Waals surface area contributed by atoms with Crippen molar-refractivity contribution in [1.82, 2.24) is 20.2 Å². The summed E-state index contributed by atoms with van der Waals surface area (Å²) < 4.78 is 21.4. The summed E-state index contributed by atoms with van der Waals surface area (Å²) in [5, 5.41) is 6.60. The Hall–Kier alpha value is -3.35. The van der Waals surface area contributed by atoms with Gasteiger partial charge in [0.2, 0.25) is 0 Å². The Morgan fingerprint density at radius 1 is 1.16 bits per heavy atom. The van der Waals surface area contributed by atoms with E-state index in [0.29, 0.717) is 24.8 Å². The van der Waals surface area contributed by atoms with E-state index in [1.165, 1.54) is 17.7 Å². The second kappa shape index (κ2) is 11.7. The zero-order chi connectivity index (χ0) is 21.9. The molecule has 0 spiro atoms. The Bertz CT molecular complexity index is 957. The molecule has 31 heavy (non-hydrogen) atoms. The molecule has 0 bridgehead atoms. The molecule has 164 valence electrons. The average Bonchev–Trinajstić information content (AvgIpc) is 3.22. The Labute approximate surface area is 183 Å². The van der Waals surface area contributed by atoms with E-state index in [2.05, 4.69) is 37.3 Å². The number of imidazole rings is 1. The number of aromatic nitrogens is 2. The van der Waals surface area contributed by atoms with Crippen LogP contribution in [0.5, 0.6) is 5.75 Å². The molecular formula is C24H30FN5O. The van der Waals surface area contributed by atoms with Gasteiger partial charge in [0.15, 0.2) is 5.96 Å². The van der Waals surface area contributed by atoms with Crippen LogP contribution in [0.3, 0.4) is 0 Å². The highest BCUT2D eigenvalue weighted by Gasteiger charge is 2.10. The van der Waals surface area contributed by atoms with Gasteiger partial charge in [0.1, 0.15) is 23.5 Å². The molecule has 1 heterocycles. The fourth-order valence-corrected chi connectivity index (χ4v) is 3.22. The average molecular weight is 424 g/mol. The summed E-state index contributed by atoms with van der Waals surface area (Å²) in [5.74, 6) is 1.94. The van der Waals surface area contributed by atoms with Crippen molar-refractivity contribution in [2.45, 2.75) is 32.4 Å². The monoisotopic (exact) mass is 423 g/mol. The standard InChI is InChI=1S/C24H30FN5O/c1-3-21(31-22-11-7-10-20(25)16-22)17-29-24(26-2)28-13-12-23-27-14-15-30(23)18-19-8-5-4-6-9-19/h4-11,14-16,21H,3,12-13,17-18H2,1-2H3,(H2,26,28,29). The van der Waals surface area contributed by atoms with Crippen LogP contribution in [0.1, 0.15) is 24.7 Å². The smallest absolute Gasteiger partial charge is 0.191 e. The number of ether oxygens (including phenoxy) is 1. The van der Waals surface area contributed by atoms with Crippen LogP contribution in [-0.4, -0.2) is 41.8 Å². The summed E-state index contributed by atoms with van der Waals surface area (Å²) in [6, 6.07) is 16.6. The van der Waals surface area contributed by atoms with Gasteiger partial charge in [-0.25, -0.2) is 9.37 Å². The second-order valence-corrected chi connectivity index (χ2v) is 7.19. The van der Waals surface area contributed by atoms with E-state index in [1.807, 2.05) is 37.5 Å². The number of aliphatic imine (C=N–C) groups is 1. The molecule has 0 saturated carbocycles. The third kappa shape index (κ3) is 7.13. The Morgan fingerprint density at radius 3 is 2.74 bits per heavy atom. The molecule has 1 aromatic heterocycles. The van der Waals surface area contributed by atoms with Crippen LogP contribution in [0.15, 0.2) is 72.0 Å². The molecule has 3 aromatic rings. The lowest BCUT2D eigenvalue weighted by Crippen LogP contribution is -2.43. The largest absolute Gasteiger partial charge is 0.489 e. The number of rotatable bonds is 10. The van der Waals surface area contributed by atoms with Crippen LogP contribution < -0.4 is 15.4 Å². The van der Waals surface area contributed by atoms with Crippen LogP contribution >= 0.6 is 0 Å². The highest BCUT2D eigenvalue weighted by atomic mass is 19.1. The van der Waals surface area contributed by atoms with E-state index in [1.54, 1.807) is 19.2 Å². The van der Waals surface area contributed by atoms with Gasteiger partial charge in [-0.05, 0) is 24.1 Å². The minimum absolute atomic E-state index is 0.0925. The van der Waals surface area contributed by atoms with Crippen molar-refractivity contribution in [2.24, 2.45) is 4.99 Å². The van der Waals surface area contributed by atoms with E-state index < -0.39 is 0 Å². The number of nitrogens with zero attached hydrogens (tertiary/aromatic N) is 3. The van der Waals surface area contributed by atoms with Gasteiger partial charge in [0.05, 0.1) is 6.54 Å². The normalized spacial score (nSPS) is 12.4. The molecule has 0 aliphatic rings. The Kier molecular flexibility index (Phi) is 8.46. The first kappa shape index (κ1) is 22.3. The third-order valence-electron chi connectivity index (χ3n) is 4.91. The lowest BCUT2D eigenvalue weighted by molar-refractivity contribution is 0.199. The number of hydrogen-bond donors (Lipinski definition) is 2. The number of benzene rings is 2. The van der Waals surface area contributed by atoms with E-state index >= 15 is 0 Å². The van der Waals surface area contributed by atoms with Crippen molar-refractivity contribution < 1.29 is 9.13 Å². The molecule has 3 rings (SSSR count). The van der Waals surface area contributed by atoms with Gasteiger partial charge in [-0.15, -0.1) is 0 Å². The summed E-state index contributed by atoms with van der Waals surface area (Å²) >= 11 is 0. The van der Waals surface area contributed by atoms with E-state index in [4.69, 9.17) is 4.74 Å². The van der Waals surface area contributed by atoms with Gasteiger partial charge >= 0.3 is 0 Å². The Balaban J connectivity index is 1.45. The first-order valence-corrected chi connectivity index (χ1v) is 10.6. The SMILES string of the molecule is CCC(CNC(=NC)NCCc1nccn1Cc1ccccc1)Oc1cccc(F)c1. The van der Waals surface area contributed by atoms with Gasteiger partial charge in [-0.2, -0.15) is 0 Å². The predicted octanol–water partition coefficient (Wildman–Crippen LogP) is 3.64. The van der Waals surface area contributed by atoms with Crippen LogP contribution in [0.4, 0.5) is 4.39 Å². The van der Waals surface area contributed by atoms with Crippen molar-refractivity contribution >= 4 is 5.96 Å². The minimum Gasteiger partial charge on any atom is -0.489 e. The van der Waals surface area contributed by atoms with Crippen molar-refractivity contribution in [2.75, 3.05) is 20.1 Å². The fraction of sp³-hybridized carbons (Fsp3) is 0.333. The molecule has 0 saturated heterocycles. The van der Waals surface area contributed by atoms with E-state index in [9.17, 15) is 4.39 Å². The molecule has 0 amide bonds. The minimum atomic E-state index is -0.302. The van der Waals surface area contributed by atoms with Crippen LogP contribution in [-0.2, 0) is 13.0 Å². The van der Waals surface area contributed by atoms with Gasteiger partial charge in [0.25, 0.3) is 0 Å². The maximum absolute atomic E-state index is 13.4. The van der Waals surface area contributed by atoms with Crippen molar-refractivity contribution in [3.8, 4) is 5.75 Å². The van der Waals surface area contributed by atoms with Crippen molar-refractivity contribution in [1.29, 1.82) is 0 Å². The lowest BCUT2D eigenvalue weighted by atomic mass is 10.2. The quantitative estimate of drug-likeness (QED) is 0.386. The van der Waals surface area contributed by atoms with Crippen molar-refractivity contribution in [3.05, 3.63) is 84.2 Å². The maximum Gasteiger partial charge on any atom is 0.191 e. The topological polar surface area (TPSA) is 63.5 Å². The molecule has 6 nitrogen and oxygen atoms in total. The van der Waals surface area contributed by atoms with Crippen LogP contribution in [0.25, 0.3) is 0 Å². The zero-order valence-corrected chi connectivity index (χ0v) is 18.1. The molecule has 0 aliphatic heterocycles. The zero-order valence-electron chi connectivity index (χ0n) is 18.1. The number of hydrogen-bond acceptors (Lipinski definition) is 3. The molecule has 7 heteroatoms. The summed E-state index contributed by atoms with van der Waals surface area (Å²) in [7, 11) is 1.74. The number of halogens is 1. The number of nitrogens with one attached hydrogen (secondary N) is 2. The summed E-state index contributed by atoms with van der Waals surface area (Å²) in [4.78, 5) is 8.76. The molecule has 1 atom stereocenters. The van der Waals surface area contributed by atoms with E-state index in [0.717, 1.165) is 25.2 Å². The predicted molar refractivity (Wildman–Crippen MR) is 122 cm³/mol. The molecular weight excluding hydrogens is 393 g/mol. The van der Waals surface area contributed by atoms with Gasteiger partial charge < -0.3 is 19.9 Å². The molecule has 2 N–H and O–H groups in total. The Morgan fingerprint density at radius 2 is 2.00 bits per heavy atom. The first-order valence-electron chi connectivity index (χ1n) is 10.6. The molecule has 0 aliphatic carbocycles. The fourth-order valence-electron chi connectivity index (χ4n) is 3.22. The van der Waals surface area contributed by atoms with Crippen molar-refractivity contribution in [3.63, 3.8) is 0 Å². The highest BCUT2D eigenvalue weighted by Crippen LogP contribution is 2.14. The van der Waals surface area contributed by atoms with Crippen LogP contribution in [0, 0.1) is 5.82 Å². The summed E-state index contributed by atoms with van der Waals surface area (Å²) in [6.45, 7) is 4.11. The van der Waals surface area contributed by atoms with Gasteiger partial charge in [-0.3, -0.25) is 4.99 Å². The number of guanidine groups is 1. The second-order valence-electron chi connectivity index (χ2n) is 7.19. The summed E-state index contributed by atoms with van der Waals surface area (Å²) in [6.07, 6.45) is 5.31. The molecule has 1 unspecified atom stereocenters. The van der Waals surface area contributed by atoms with E-state index in [-0.39, 0.29) is 11.9 Å². The molecule has 2 aromatic carbocycles. The summed E-state index contributed by atoms with van der Waals surface area (Å²) in [5.41, 5.74) is 1.25. The highest BCUT2D eigenvalue weighted by molar-refractivity contribution is 5.79. The van der Waals surface area contributed by atoms with Gasteiger partial charge in [0, 0.05) is 45.0 Å². The third-order valence-corrected chi connectivity index (χ3v) is 4.91. The lowest BCUT2D eigenvalue weighted by Gasteiger charge is -2.20. The maximum atomic E-state index is 13.4. The molecule has 0 radical (unpaired) electrons.